The minimum atomic E-state index is 0.687. The van der Waals surface area contributed by atoms with Crippen LogP contribution in [-0.2, 0) is 0 Å². The standard InChI is InChI=1S/C32H37N9/c1-21(13-22-5-7-33-8-6-22)36-25-14-24(17-34-18-25)23-3-4-28-27(15-23)32(39-38-28)29-16-26-30(37-29)19-35-20-31(26)41-11-9-40(2)10-12-41/h3-4,14-20,22,33,36-37H,1,5-13H2,2H3,(H,38,39). The van der Waals surface area contributed by atoms with Gasteiger partial charge in [-0.25, -0.2) is 0 Å². The summed E-state index contributed by atoms with van der Waals surface area (Å²) in [6.45, 7) is 10.6. The van der Waals surface area contributed by atoms with Crippen molar-refractivity contribution in [3.63, 3.8) is 0 Å². The molecule has 0 bridgehead atoms. The molecule has 210 valence electrons. The van der Waals surface area contributed by atoms with Gasteiger partial charge in [0.1, 0.15) is 5.69 Å². The Balaban J connectivity index is 1.16. The van der Waals surface area contributed by atoms with E-state index in [0.29, 0.717) is 5.92 Å². The Hall–Kier alpha value is -4.21. The number of benzene rings is 1. The van der Waals surface area contributed by atoms with Gasteiger partial charge in [0.15, 0.2) is 0 Å². The number of fused-ring (bicyclic) bond motifs is 2. The van der Waals surface area contributed by atoms with E-state index in [-0.39, 0.29) is 0 Å². The molecular weight excluding hydrogens is 510 g/mol. The van der Waals surface area contributed by atoms with Crippen molar-refractivity contribution in [1.29, 1.82) is 0 Å². The van der Waals surface area contributed by atoms with Crippen LogP contribution in [-0.4, -0.2) is 76.4 Å². The van der Waals surface area contributed by atoms with Crippen molar-refractivity contribution >= 4 is 33.2 Å². The summed E-state index contributed by atoms with van der Waals surface area (Å²) in [5.74, 6) is 0.687. The van der Waals surface area contributed by atoms with Crippen LogP contribution < -0.4 is 15.5 Å². The number of nitrogens with one attached hydrogen (secondary N) is 4. The summed E-state index contributed by atoms with van der Waals surface area (Å²) < 4.78 is 0. The monoisotopic (exact) mass is 547 g/mol. The van der Waals surface area contributed by atoms with E-state index in [2.05, 4.69) is 84.4 Å². The third-order valence-electron chi connectivity index (χ3n) is 8.57. The Morgan fingerprint density at radius 1 is 0.927 bits per heavy atom. The van der Waals surface area contributed by atoms with Gasteiger partial charge in [0, 0.05) is 54.4 Å². The van der Waals surface area contributed by atoms with Crippen molar-refractivity contribution < 1.29 is 0 Å². The number of likely N-dealkylation sites (N-methyl/N-ethyl adjacent to an activating group) is 1. The Morgan fingerprint density at radius 3 is 2.61 bits per heavy atom. The maximum absolute atomic E-state index is 4.72. The summed E-state index contributed by atoms with van der Waals surface area (Å²) in [6, 6.07) is 10.8. The number of aromatic nitrogens is 5. The first-order valence-corrected chi connectivity index (χ1v) is 14.6. The molecule has 0 saturated carbocycles. The molecule has 0 aliphatic carbocycles. The van der Waals surface area contributed by atoms with E-state index in [9.17, 15) is 0 Å². The summed E-state index contributed by atoms with van der Waals surface area (Å²) in [7, 11) is 2.18. The summed E-state index contributed by atoms with van der Waals surface area (Å²) in [4.78, 5) is 17.5. The number of piperazine rings is 1. The average molecular weight is 548 g/mol. The smallest absolute Gasteiger partial charge is 0.116 e. The highest BCUT2D eigenvalue weighted by Crippen LogP contribution is 2.35. The first-order valence-electron chi connectivity index (χ1n) is 14.6. The molecule has 2 aliphatic heterocycles. The molecule has 41 heavy (non-hydrogen) atoms. The first kappa shape index (κ1) is 25.7. The lowest BCUT2D eigenvalue weighted by Gasteiger charge is -2.34. The molecule has 7 rings (SSSR count). The van der Waals surface area contributed by atoms with Crippen molar-refractivity contribution in [2.75, 3.05) is 56.5 Å². The molecule has 2 aliphatic rings. The Labute approximate surface area is 240 Å². The van der Waals surface area contributed by atoms with Crippen molar-refractivity contribution in [1.82, 2.24) is 35.4 Å². The topological polar surface area (TPSA) is 101 Å². The molecule has 5 aromatic rings. The Morgan fingerprint density at radius 2 is 1.76 bits per heavy atom. The van der Waals surface area contributed by atoms with Gasteiger partial charge in [-0.2, -0.15) is 5.10 Å². The molecule has 6 heterocycles. The van der Waals surface area contributed by atoms with E-state index < -0.39 is 0 Å². The molecule has 4 aromatic heterocycles. The predicted molar refractivity (Wildman–Crippen MR) is 167 cm³/mol. The van der Waals surface area contributed by atoms with Gasteiger partial charge in [-0.3, -0.25) is 15.1 Å². The number of rotatable bonds is 7. The molecule has 0 radical (unpaired) electrons. The summed E-state index contributed by atoms with van der Waals surface area (Å²) >= 11 is 0. The summed E-state index contributed by atoms with van der Waals surface area (Å²) in [6.07, 6.45) is 11.1. The lowest BCUT2D eigenvalue weighted by molar-refractivity contribution is 0.313. The first-order chi connectivity index (χ1) is 20.1. The van der Waals surface area contributed by atoms with Gasteiger partial charge in [0.25, 0.3) is 0 Å². The second-order valence-electron chi connectivity index (χ2n) is 11.5. The molecule has 9 heteroatoms. The lowest BCUT2D eigenvalue weighted by Crippen LogP contribution is -2.44. The molecule has 0 atom stereocenters. The lowest BCUT2D eigenvalue weighted by atomic mass is 9.93. The number of pyridine rings is 2. The van der Waals surface area contributed by atoms with E-state index in [1.807, 2.05) is 24.8 Å². The van der Waals surface area contributed by atoms with E-state index >= 15 is 0 Å². The maximum Gasteiger partial charge on any atom is 0.116 e. The third-order valence-corrected chi connectivity index (χ3v) is 8.57. The minimum Gasteiger partial charge on any atom is -0.367 e. The van der Waals surface area contributed by atoms with Crippen LogP contribution in [0.25, 0.3) is 44.3 Å². The van der Waals surface area contributed by atoms with Gasteiger partial charge in [-0.1, -0.05) is 12.6 Å². The number of nitrogens with zero attached hydrogens (tertiary/aromatic N) is 5. The molecular formula is C32H37N9. The molecule has 0 spiro atoms. The van der Waals surface area contributed by atoms with Crippen LogP contribution in [0, 0.1) is 5.92 Å². The van der Waals surface area contributed by atoms with Crippen LogP contribution in [0.15, 0.2) is 67.4 Å². The molecule has 9 nitrogen and oxygen atoms in total. The predicted octanol–water partition coefficient (Wildman–Crippen LogP) is 5.24. The van der Waals surface area contributed by atoms with Crippen LogP contribution in [0.3, 0.4) is 0 Å². The Bertz CT molecular complexity index is 1690. The highest BCUT2D eigenvalue weighted by atomic mass is 15.3. The van der Waals surface area contributed by atoms with Crippen LogP contribution in [0.2, 0.25) is 0 Å². The maximum atomic E-state index is 4.72. The normalized spacial score (nSPS) is 17.0. The molecule has 2 saturated heterocycles. The fourth-order valence-electron chi connectivity index (χ4n) is 6.22. The third kappa shape index (κ3) is 5.30. The minimum absolute atomic E-state index is 0.687. The SMILES string of the molecule is C=C(CC1CCNCC1)Nc1cncc(-c2ccc3[nH]nc(-c4cc5c(N6CCN(C)CC6)cncc5[nH]4)c3c2)c1. The molecule has 0 amide bonds. The van der Waals surface area contributed by atoms with Gasteiger partial charge in [0.05, 0.1) is 46.7 Å². The highest BCUT2D eigenvalue weighted by molar-refractivity contribution is 6.00. The highest BCUT2D eigenvalue weighted by Gasteiger charge is 2.20. The van der Waals surface area contributed by atoms with Crippen molar-refractivity contribution in [3.05, 3.63) is 67.4 Å². The number of aromatic amines is 2. The van der Waals surface area contributed by atoms with Gasteiger partial charge >= 0.3 is 0 Å². The van der Waals surface area contributed by atoms with E-state index in [0.717, 1.165) is 96.0 Å². The van der Waals surface area contributed by atoms with Gasteiger partial charge < -0.3 is 25.4 Å². The second-order valence-corrected chi connectivity index (χ2v) is 11.5. The average Bonchev–Trinajstić information content (AvgIpc) is 3.62. The fourth-order valence-corrected chi connectivity index (χ4v) is 6.22. The van der Waals surface area contributed by atoms with E-state index in [4.69, 9.17) is 5.10 Å². The number of anilines is 2. The largest absolute Gasteiger partial charge is 0.367 e. The van der Waals surface area contributed by atoms with Crippen LogP contribution in [0.1, 0.15) is 19.3 Å². The van der Waals surface area contributed by atoms with Crippen LogP contribution in [0.4, 0.5) is 11.4 Å². The Kier molecular flexibility index (Phi) is 6.90. The zero-order chi connectivity index (χ0) is 27.8. The van der Waals surface area contributed by atoms with Gasteiger partial charge in [-0.15, -0.1) is 0 Å². The van der Waals surface area contributed by atoms with Crippen LogP contribution in [0.5, 0.6) is 0 Å². The zero-order valence-corrected chi connectivity index (χ0v) is 23.6. The van der Waals surface area contributed by atoms with E-state index in [1.54, 1.807) is 0 Å². The number of allylic oxidation sites excluding steroid dienone is 1. The van der Waals surface area contributed by atoms with Gasteiger partial charge in [0.2, 0.25) is 0 Å². The van der Waals surface area contributed by atoms with Gasteiger partial charge in [-0.05, 0) is 75.1 Å². The van der Waals surface area contributed by atoms with E-state index in [1.165, 1.54) is 23.9 Å². The number of H-pyrrole nitrogens is 2. The fraction of sp³-hybridized carbons (Fsp3) is 0.344. The number of hydrogen-bond acceptors (Lipinski definition) is 7. The van der Waals surface area contributed by atoms with Crippen molar-refractivity contribution in [2.45, 2.75) is 19.3 Å². The van der Waals surface area contributed by atoms with Crippen molar-refractivity contribution in [3.8, 4) is 22.5 Å². The molecule has 4 N–H and O–H groups in total. The summed E-state index contributed by atoms with van der Waals surface area (Å²) in [5.41, 5.74) is 9.24. The molecule has 2 fully saturated rings. The second kappa shape index (κ2) is 11.0. The molecule has 0 unspecified atom stereocenters. The van der Waals surface area contributed by atoms with Crippen molar-refractivity contribution in [2.24, 2.45) is 5.92 Å². The van der Waals surface area contributed by atoms with Crippen LogP contribution >= 0.6 is 0 Å². The quantitative estimate of drug-likeness (QED) is 0.221. The number of piperidine rings is 1. The molecule has 1 aromatic carbocycles. The number of hydrogen-bond donors (Lipinski definition) is 4. The zero-order valence-electron chi connectivity index (χ0n) is 23.6. The summed E-state index contributed by atoms with van der Waals surface area (Å²) in [5, 5.41) is 17.1.